The van der Waals surface area contributed by atoms with Crippen LogP contribution in [0.2, 0.25) is 0 Å². The molecule has 26 heavy (non-hydrogen) atoms. The number of para-hydroxylation sites is 2. The standard InChI is InChI=1S/C19H29N3O4/c1-19(2,3)26-18(24)21(4)14-9-8-12-22(13-14)17(23)20-15-10-6-7-11-16(15)25-5/h6-7,10-11,14H,8-9,12-13H2,1-5H3,(H,20,23)/t14-/m1/s1. The van der Waals surface area contributed by atoms with Crippen LogP contribution >= 0.6 is 0 Å². The molecule has 7 nitrogen and oxygen atoms in total. The van der Waals surface area contributed by atoms with E-state index in [1.165, 1.54) is 0 Å². The van der Waals surface area contributed by atoms with Gasteiger partial charge in [-0.15, -0.1) is 0 Å². The first-order valence-corrected chi connectivity index (χ1v) is 8.86. The Balaban J connectivity index is 1.98. The van der Waals surface area contributed by atoms with E-state index in [0.29, 0.717) is 24.5 Å². The largest absolute Gasteiger partial charge is 0.495 e. The topological polar surface area (TPSA) is 71.1 Å². The Morgan fingerprint density at radius 2 is 1.96 bits per heavy atom. The van der Waals surface area contributed by atoms with Crippen molar-refractivity contribution in [1.29, 1.82) is 0 Å². The molecule has 1 aromatic rings. The third-order valence-corrected chi connectivity index (χ3v) is 4.26. The van der Waals surface area contributed by atoms with Crippen LogP contribution in [0.5, 0.6) is 5.75 Å². The molecule has 7 heteroatoms. The highest BCUT2D eigenvalue weighted by atomic mass is 16.6. The number of nitrogens with one attached hydrogen (secondary N) is 1. The lowest BCUT2D eigenvalue weighted by Gasteiger charge is -2.38. The molecule has 0 aliphatic carbocycles. The van der Waals surface area contributed by atoms with Gasteiger partial charge in [-0.05, 0) is 45.7 Å². The average molecular weight is 363 g/mol. The zero-order chi connectivity index (χ0) is 19.3. The number of amides is 3. The van der Waals surface area contributed by atoms with E-state index in [1.807, 2.05) is 32.9 Å². The highest BCUT2D eigenvalue weighted by molar-refractivity contribution is 5.91. The van der Waals surface area contributed by atoms with Gasteiger partial charge in [0.1, 0.15) is 11.4 Å². The number of nitrogens with zero attached hydrogens (tertiary/aromatic N) is 2. The maximum Gasteiger partial charge on any atom is 0.410 e. The summed E-state index contributed by atoms with van der Waals surface area (Å²) in [5.74, 6) is 0.611. The number of methoxy groups -OCH3 is 1. The molecule has 1 aliphatic heterocycles. The zero-order valence-electron chi connectivity index (χ0n) is 16.2. The molecule has 0 saturated carbocycles. The Hall–Kier alpha value is -2.44. The van der Waals surface area contributed by atoms with Gasteiger partial charge in [-0.2, -0.15) is 0 Å². The SMILES string of the molecule is COc1ccccc1NC(=O)N1CCC[C@@H](N(C)C(=O)OC(C)(C)C)C1. The summed E-state index contributed by atoms with van der Waals surface area (Å²) >= 11 is 0. The monoisotopic (exact) mass is 363 g/mol. The molecular weight excluding hydrogens is 334 g/mol. The number of anilines is 1. The maximum absolute atomic E-state index is 12.6. The third kappa shape index (κ3) is 5.28. The summed E-state index contributed by atoms with van der Waals surface area (Å²) in [6, 6.07) is 7.02. The van der Waals surface area contributed by atoms with E-state index in [0.717, 1.165) is 12.8 Å². The predicted molar refractivity (Wildman–Crippen MR) is 101 cm³/mol. The molecule has 0 aromatic heterocycles. The van der Waals surface area contributed by atoms with Crippen LogP contribution in [0.4, 0.5) is 15.3 Å². The molecule has 1 aromatic carbocycles. The van der Waals surface area contributed by atoms with E-state index in [4.69, 9.17) is 9.47 Å². The summed E-state index contributed by atoms with van der Waals surface area (Å²) in [7, 11) is 3.29. The molecule has 1 aliphatic rings. The van der Waals surface area contributed by atoms with Crippen molar-refractivity contribution in [2.45, 2.75) is 45.3 Å². The minimum Gasteiger partial charge on any atom is -0.495 e. The van der Waals surface area contributed by atoms with Crippen molar-refractivity contribution in [2.24, 2.45) is 0 Å². The number of urea groups is 1. The number of likely N-dealkylation sites (N-methyl/N-ethyl adjacent to an activating group) is 1. The summed E-state index contributed by atoms with van der Waals surface area (Å²) in [4.78, 5) is 28.2. The first-order valence-electron chi connectivity index (χ1n) is 8.86. The van der Waals surface area contributed by atoms with Gasteiger partial charge in [-0.25, -0.2) is 9.59 Å². The lowest BCUT2D eigenvalue weighted by atomic mass is 10.1. The fourth-order valence-corrected chi connectivity index (χ4v) is 2.88. The van der Waals surface area contributed by atoms with E-state index in [2.05, 4.69) is 5.32 Å². The maximum atomic E-state index is 12.6. The molecule has 2 rings (SSSR count). The van der Waals surface area contributed by atoms with Gasteiger partial charge in [0, 0.05) is 20.1 Å². The molecule has 144 valence electrons. The van der Waals surface area contributed by atoms with Gasteiger partial charge in [0.2, 0.25) is 0 Å². The van der Waals surface area contributed by atoms with Crippen LogP contribution in [0.25, 0.3) is 0 Å². The van der Waals surface area contributed by atoms with Crippen LogP contribution in [0, 0.1) is 0 Å². The Morgan fingerprint density at radius 3 is 2.62 bits per heavy atom. The number of carbonyl (C=O) groups excluding carboxylic acids is 2. The Kier molecular flexibility index (Phi) is 6.34. The van der Waals surface area contributed by atoms with Crippen molar-refractivity contribution in [3.8, 4) is 5.75 Å². The molecule has 1 atom stereocenters. The Bertz CT molecular complexity index is 642. The van der Waals surface area contributed by atoms with Crippen LogP contribution in [0.1, 0.15) is 33.6 Å². The summed E-state index contributed by atoms with van der Waals surface area (Å²) in [5.41, 5.74) is 0.0867. The minimum atomic E-state index is -0.541. The van der Waals surface area contributed by atoms with Crippen molar-refractivity contribution >= 4 is 17.8 Å². The van der Waals surface area contributed by atoms with Crippen molar-refractivity contribution in [2.75, 3.05) is 32.6 Å². The van der Waals surface area contributed by atoms with E-state index >= 15 is 0 Å². The second kappa shape index (κ2) is 8.29. The second-order valence-corrected chi connectivity index (χ2v) is 7.46. The molecule has 0 bridgehead atoms. The number of benzene rings is 1. The number of carbonyl (C=O) groups is 2. The summed E-state index contributed by atoms with van der Waals surface area (Å²) in [6.07, 6.45) is 1.31. The lowest BCUT2D eigenvalue weighted by Crippen LogP contribution is -2.52. The number of piperidine rings is 1. The van der Waals surface area contributed by atoms with Crippen LogP contribution in [0.3, 0.4) is 0 Å². The summed E-state index contributed by atoms with van der Waals surface area (Å²) in [6.45, 7) is 6.64. The van der Waals surface area contributed by atoms with Crippen LogP contribution in [-0.4, -0.2) is 60.8 Å². The number of hydrogen-bond acceptors (Lipinski definition) is 4. The quantitative estimate of drug-likeness (QED) is 0.891. The van der Waals surface area contributed by atoms with Crippen molar-refractivity contribution in [3.05, 3.63) is 24.3 Å². The minimum absolute atomic E-state index is 0.0676. The van der Waals surface area contributed by atoms with Gasteiger partial charge in [0.25, 0.3) is 0 Å². The van der Waals surface area contributed by atoms with E-state index in [-0.39, 0.29) is 18.2 Å². The van der Waals surface area contributed by atoms with Crippen molar-refractivity contribution in [1.82, 2.24) is 9.80 Å². The lowest BCUT2D eigenvalue weighted by molar-refractivity contribution is 0.0158. The molecule has 1 heterocycles. The van der Waals surface area contributed by atoms with Gasteiger partial charge in [0.15, 0.2) is 0 Å². The fraction of sp³-hybridized carbons (Fsp3) is 0.579. The average Bonchev–Trinajstić information content (AvgIpc) is 2.60. The fourth-order valence-electron chi connectivity index (χ4n) is 2.88. The van der Waals surface area contributed by atoms with Crippen molar-refractivity contribution < 1.29 is 19.1 Å². The van der Waals surface area contributed by atoms with E-state index in [9.17, 15) is 9.59 Å². The molecule has 3 amide bonds. The number of likely N-dealkylation sites (tertiary alicyclic amines) is 1. The van der Waals surface area contributed by atoms with Crippen LogP contribution < -0.4 is 10.1 Å². The molecule has 1 N–H and O–H groups in total. The van der Waals surface area contributed by atoms with Gasteiger partial charge in [-0.3, -0.25) is 0 Å². The molecule has 0 spiro atoms. The molecular formula is C19H29N3O4. The van der Waals surface area contributed by atoms with Gasteiger partial charge in [0.05, 0.1) is 18.8 Å². The van der Waals surface area contributed by atoms with Gasteiger partial charge >= 0.3 is 12.1 Å². The zero-order valence-corrected chi connectivity index (χ0v) is 16.2. The Morgan fingerprint density at radius 1 is 1.27 bits per heavy atom. The number of ether oxygens (including phenoxy) is 2. The van der Waals surface area contributed by atoms with Crippen LogP contribution in [0.15, 0.2) is 24.3 Å². The first kappa shape index (κ1) is 19.9. The number of rotatable bonds is 3. The van der Waals surface area contributed by atoms with Crippen LogP contribution in [-0.2, 0) is 4.74 Å². The molecule has 1 fully saturated rings. The first-order chi connectivity index (χ1) is 12.2. The smallest absolute Gasteiger partial charge is 0.410 e. The van der Waals surface area contributed by atoms with Gasteiger partial charge in [-0.1, -0.05) is 12.1 Å². The summed E-state index contributed by atoms with van der Waals surface area (Å²) < 4.78 is 10.7. The molecule has 1 saturated heterocycles. The van der Waals surface area contributed by atoms with E-state index in [1.54, 1.807) is 36.1 Å². The normalized spacial score (nSPS) is 17.4. The molecule has 0 radical (unpaired) electrons. The van der Waals surface area contributed by atoms with Gasteiger partial charge < -0.3 is 24.6 Å². The molecule has 0 unspecified atom stereocenters. The highest BCUT2D eigenvalue weighted by Gasteiger charge is 2.31. The van der Waals surface area contributed by atoms with Crippen molar-refractivity contribution in [3.63, 3.8) is 0 Å². The van der Waals surface area contributed by atoms with E-state index < -0.39 is 5.60 Å². The second-order valence-electron chi connectivity index (χ2n) is 7.46. The number of hydrogen-bond donors (Lipinski definition) is 1. The third-order valence-electron chi connectivity index (χ3n) is 4.26. The predicted octanol–water partition coefficient (Wildman–Crippen LogP) is 3.56. The Labute approximate surface area is 155 Å². The highest BCUT2D eigenvalue weighted by Crippen LogP contribution is 2.24. The summed E-state index contributed by atoms with van der Waals surface area (Å²) in [5, 5.41) is 2.89.